The summed E-state index contributed by atoms with van der Waals surface area (Å²) in [7, 11) is 1.81. The summed E-state index contributed by atoms with van der Waals surface area (Å²) in [5.41, 5.74) is 0. The quantitative estimate of drug-likeness (QED) is 0.556. The molecule has 2 N–H and O–H groups in total. The first-order valence-electron chi connectivity index (χ1n) is 6.89. The Morgan fingerprint density at radius 3 is 2.50 bits per heavy atom. The van der Waals surface area contributed by atoms with E-state index in [1.165, 1.54) is 0 Å². The van der Waals surface area contributed by atoms with E-state index in [0.29, 0.717) is 12.0 Å². The van der Waals surface area contributed by atoms with E-state index in [2.05, 4.69) is 41.3 Å². The lowest BCUT2D eigenvalue weighted by Gasteiger charge is -2.29. The standard InChI is InChI=1S/C13H28N4O/c1-11(2)16-13(14-4)15-9-12(3)10-17-5-7-18-8-6-17/h11-12H,5-10H2,1-4H3,(H2,14,15,16). The Labute approximate surface area is 111 Å². The Balaban J connectivity index is 2.20. The number of ether oxygens (including phenoxy) is 1. The number of hydrogen-bond acceptors (Lipinski definition) is 3. The van der Waals surface area contributed by atoms with Gasteiger partial charge in [-0.1, -0.05) is 6.92 Å². The van der Waals surface area contributed by atoms with Crippen LogP contribution in [-0.4, -0.2) is 63.3 Å². The molecule has 18 heavy (non-hydrogen) atoms. The molecule has 5 nitrogen and oxygen atoms in total. The molecule has 0 bridgehead atoms. The van der Waals surface area contributed by atoms with Gasteiger partial charge in [-0.25, -0.2) is 0 Å². The van der Waals surface area contributed by atoms with E-state index in [0.717, 1.165) is 45.4 Å². The van der Waals surface area contributed by atoms with Crippen LogP contribution in [0.2, 0.25) is 0 Å². The van der Waals surface area contributed by atoms with Gasteiger partial charge in [-0.05, 0) is 19.8 Å². The molecule has 0 aromatic heterocycles. The molecule has 1 heterocycles. The zero-order valence-electron chi connectivity index (χ0n) is 12.2. The van der Waals surface area contributed by atoms with E-state index in [9.17, 15) is 0 Å². The van der Waals surface area contributed by atoms with Crippen LogP contribution in [0.25, 0.3) is 0 Å². The van der Waals surface area contributed by atoms with Gasteiger partial charge < -0.3 is 15.4 Å². The fourth-order valence-electron chi connectivity index (χ4n) is 2.03. The third kappa shape index (κ3) is 6.21. The largest absolute Gasteiger partial charge is 0.379 e. The van der Waals surface area contributed by atoms with Crippen LogP contribution < -0.4 is 10.6 Å². The summed E-state index contributed by atoms with van der Waals surface area (Å²) >= 11 is 0. The van der Waals surface area contributed by atoms with Crippen molar-refractivity contribution in [3.63, 3.8) is 0 Å². The van der Waals surface area contributed by atoms with E-state index in [1.807, 2.05) is 7.05 Å². The van der Waals surface area contributed by atoms with Crippen molar-refractivity contribution in [1.82, 2.24) is 15.5 Å². The molecule has 1 atom stereocenters. The SMILES string of the molecule is CN=C(NCC(C)CN1CCOCC1)NC(C)C. The highest BCUT2D eigenvalue weighted by molar-refractivity contribution is 5.79. The molecule has 0 spiro atoms. The van der Waals surface area contributed by atoms with Crippen LogP contribution in [0.4, 0.5) is 0 Å². The summed E-state index contributed by atoms with van der Waals surface area (Å²) in [6.45, 7) is 12.4. The van der Waals surface area contributed by atoms with Gasteiger partial charge in [0.2, 0.25) is 0 Å². The van der Waals surface area contributed by atoms with Crippen molar-refractivity contribution < 1.29 is 4.74 Å². The minimum Gasteiger partial charge on any atom is -0.379 e. The zero-order valence-corrected chi connectivity index (χ0v) is 12.2. The number of morpholine rings is 1. The topological polar surface area (TPSA) is 48.9 Å². The van der Waals surface area contributed by atoms with Gasteiger partial charge >= 0.3 is 0 Å². The van der Waals surface area contributed by atoms with Crippen LogP contribution >= 0.6 is 0 Å². The summed E-state index contributed by atoms with van der Waals surface area (Å²) in [6.07, 6.45) is 0. The smallest absolute Gasteiger partial charge is 0.191 e. The molecular formula is C13H28N4O. The minimum absolute atomic E-state index is 0.408. The number of rotatable bonds is 5. The van der Waals surface area contributed by atoms with Gasteiger partial charge in [0, 0.05) is 39.3 Å². The highest BCUT2D eigenvalue weighted by atomic mass is 16.5. The monoisotopic (exact) mass is 256 g/mol. The molecule has 0 aromatic rings. The van der Waals surface area contributed by atoms with Gasteiger partial charge in [-0.2, -0.15) is 0 Å². The summed E-state index contributed by atoms with van der Waals surface area (Å²) in [5.74, 6) is 1.49. The van der Waals surface area contributed by atoms with Crippen LogP contribution in [0, 0.1) is 5.92 Å². The van der Waals surface area contributed by atoms with Crippen molar-refractivity contribution in [2.45, 2.75) is 26.8 Å². The van der Waals surface area contributed by atoms with Gasteiger partial charge in [0.1, 0.15) is 0 Å². The van der Waals surface area contributed by atoms with Gasteiger partial charge in [0.05, 0.1) is 13.2 Å². The minimum atomic E-state index is 0.408. The first-order chi connectivity index (χ1) is 8.61. The second-order valence-electron chi connectivity index (χ2n) is 5.27. The average molecular weight is 256 g/mol. The van der Waals surface area contributed by atoms with Gasteiger partial charge in [-0.15, -0.1) is 0 Å². The second kappa shape index (κ2) is 8.32. The van der Waals surface area contributed by atoms with E-state index in [4.69, 9.17) is 4.74 Å². The molecule has 1 rings (SSSR count). The summed E-state index contributed by atoms with van der Waals surface area (Å²) in [4.78, 5) is 6.67. The molecule has 106 valence electrons. The first-order valence-corrected chi connectivity index (χ1v) is 6.89. The third-order valence-electron chi connectivity index (χ3n) is 2.94. The normalized spacial score (nSPS) is 19.9. The number of guanidine groups is 1. The van der Waals surface area contributed by atoms with Crippen molar-refractivity contribution >= 4 is 5.96 Å². The molecule has 0 aromatic carbocycles. The Hall–Kier alpha value is -0.810. The van der Waals surface area contributed by atoms with Gasteiger partial charge in [0.15, 0.2) is 5.96 Å². The molecule has 1 aliphatic heterocycles. The van der Waals surface area contributed by atoms with Crippen LogP contribution in [0.1, 0.15) is 20.8 Å². The molecule has 5 heteroatoms. The van der Waals surface area contributed by atoms with E-state index in [1.54, 1.807) is 0 Å². The molecule has 0 aliphatic carbocycles. The lowest BCUT2D eigenvalue weighted by molar-refractivity contribution is 0.0320. The average Bonchev–Trinajstić information content (AvgIpc) is 2.35. The van der Waals surface area contributed by atoms with Crippen LogP contribution in [0.15, 0.2) is 4.99 Å². The molecule has 1 unspecified atom stereocenters. The fraction of sp³-hybridized carbons (Fsp3) is 0.923. The fourth-order valence-corrected chi connectivity index (χ4v) is 2.03. The van der Waals surface area contributed by atoms with E-state index in [-0.39, 0.29) is 0 Å². The number of aliphatic imine (C=N–C) groups is 1. The highest BCUT2D eigenvalue weighted by Gasteiger charge is 2.13. The predicted octanol–water partition coefficient (Wildman–Crippen LogP) is 0.528. The zero-order chi connectivity index (χ0) is 13.4. The van der Waals surface area contributed by atoms with Crippen molar-refractivity contribution in [2.24, 2.45) is 10.9 Å². The molecule has 0 amide bonds. The molecule has 1 saturated heterocycles. The first kappa shape index (κ1) is 15.2. The second-order valence-corrected chi connectivity index (χ2v) is 5.27. The maximum atomic E-state index is 5.35. The van der Waals surface area contributed by atoms with Crippen molar-refractivity contribution in [3.05, 3.63) is 0 Å². The Bertz CT molecular complexity index is 249. The maximum Gasteiger partial charge on any atom is 0.191 e. The summed E-state index contributed by atoms with van der Waals surface area (Å²) < 4.78 is 5.35. The van der Waals surface area contributed by atoms with Gasteiger partial charge in [0.25, 0.3) is 0 Å². The van der Waals surface area contributed by atoms with Crippen molar-refractivity contribution in [2.75, 3.05) is 46.4 Å². The molecular weight excluding hydrogens is 228 g/mol. The summed E-state index contributed by atoms with van der Waals surface area (Å²) in [6, 6.07) is 0.408. The molecule has 0 saturated carbocycles. The Morgan fingerprint density at radius 1 is 1.28 bits per heavy atom. The van der Waals surface area contributed by atoms with Crippen LogP contribution in [0.5, 0.6) is 0 Å². The lowest BCUT2D eigenvalue weighted by Crippen LogP contribution is -2.45. The lowest BCUT2D eigenvalue weighted by atomic mass is 10.1. The van der Waals surface area contributed by atoms with E-state index >= 15 is 0 Å². The predicted molar refractivity (Wildman–Crippen MR) is 76.1 cm³/mol. The Morgan fingerprint density at radius 2 is 1.94 bits per heavy atom. The van der Waals surface area contributed by atoms with Crippen LogP contribution in [0.3, 0.4) is 0 Å². The Kier molecular flexibility index (Phi) is 7.05. The molecule has 1 fully saturated rings. The molecule has 1 aliphatic rings. The number of nitrogens with zero attached hydrogens (tertiary/aromatic N) is 2. The number of hydrogen-bond donors (Lipinski definition) is 2. The molecule has 0 radical (unpaired) electrons. The highest BCUT2D eigenvalue weighted by Crippen LogP contribution is 2.02. The maximum absolute atomic E-state index is 5.35. The van der Waals surface area contributed by atoms with Gasteiger partial charge in [-0.3, -0.25) is 9.89 Å². The third-order valence-corrected chi connectivity index (χ3v) is 2.94. The number of nitrogens with one attached hydrogen (secondary N) is 2. The van der Waals surface area contributed by atoms with Crippen molar-refractivity contribution in [1.29, 1.82) is 0 Å². The summed E-state index contributed by atoms with van der Waals surface area (Å²) in [5, 5.41) is 6.66. The van der Waals surface area contributed by atoms with Crippen molar-refractivity contribution in [3.8, 4) is 0 Å². The van der Waals surface area contributed by atoms with E-state index < -0.39 is 0 Å². The van der Waals surface area contributed by atoms with Crippen LogP contribution in [-0.2, 0) is 4.74 Å².